The second-order valence-electron chi connectivity index (χ2n) is 12.2. The number of hydrogen-bond acceptors (Lipinski definition) is 2. The van der Waals surface area contributed by atoms with Gasteiger partial charge in [-0.3, -0.25) is 0 Å². The summed E-state index contributed by atoms with van der Waals surface area (Å²) in [4.78, 5) is 2.32. The van der Waals surface area contributed by atoms with Crippen molar-refractivity contribution in [2.75, 3.05) is 5.32 Å². The second kappa shape index (κ2) is 11.0. The highest BCUT2D eigenvalue weighted by atomic mass is 15.3. The van der Waals surface area contributed by atoms with E-state index in [1.165, 1.54) is 27.8 Å². The molecule has 0 fully saturated rings. The number of rotatable bonds is 5. The van der Waals surface area contributed by atoms with Crippen LogP contribution in [0.3, 0.4) is 0 Å². The molecule has 0 radical (unpaired) electrons. The summed E-state index contributed by atoms with van der Waals surface area (Å²) in [5.74, 6) is 0.160. The third-order valence-corrected chi connectivity index (χ3v) is 9.16. The van der Waals surface area contributed by atoms with E-state index < -0.39 is 0 Å². The van der Waals surface area contributed by atoms with Gasteiger partial charge in [0, 0.05) is 29.4 Å². The van der Waals surface area contributed by atoms with Crippen LogP contribution in [0, 0.1) is 6.92 Å². The molecule has 0 amide bonds. The lowest BCUT2D eigenvalue weighted by atomic mass is 9.79. The molecule has 42 heavy (non-hydrogen) atoms. The molecule has 1 N–H and O–H groups in total. The van der Waals surface area contributed by atoms with Crippen molar-refractivity contribution < 1.29 is 0 Å². The first-order valence-corrected chi connectivity index (χ1v) is 14.9. The van der Waals surface area contributed by atoms with Crippen LogP contribution in [0.2, 0.25) is 0 Å². The molecule has 1 aliphatic heterocycles. The van der Waals surface area contributed by atoms with Crippen LogP contribution in [0.25, 0.3) is 17.8 Å². The normalized spacial score (nSPS) is 21.6. The Morgan fingerprint density at radius 1 is 0.881 bits per heavy atom. The number of fused-ring (bicyclic) bond motifs is 3. The molecule has 2 heteroatoms. The standard InChI is InChI=1S/C40H40N2/c1-27-14-11-12-23-42(26-33-17-9-8-16-32(33)24-29(27)3)39(41-38-20-10-7-15-28(38)2)30(4)31-21-22-35-34-18-13-19-36(34)40(5,6)37(35)25-31/h7-18,20-26,30,39,41H,1,3,19H2,2,4-6H3/b14-11-,23-12-,32-24-,33-26-. The van der Waals surface area contributed by atoms with Gasteiger partial charge < -0.3 is 10.2 Å². The SMILES string of the molecule is C=C1/C=C\C=C/N(C(Nc2ccccc2C)C(C)c2ccc3c(c2)C(C)(C)C2=C3C=CC2)/C=c2/cccc/c2=C/C1=C. The van der Waals surface area contributed by atoms with Crippen LogP contribution in [-0.2, 0) is 5.41 Å². The molecule has 2 nitrogen and oxygen atoms in total. The van der Waals surface area contributed by atoms with Crippen LogP contribution in [0.15, 0.2) is 133 Å². The zero-order chi connectivity index (χ0) is 29.4. The molecule has 0 spiro atoms. The number of para-hydroxylation sites is 1. The van der Waals surface area contributed by atoms with Crippen LogP contribution in [-0.4, -0.2) is 11.1 Å². The first-order chi connectivity index (χ1) is 20.2. The number of anilines is 1. The Bertz CT molecular complexity index is 1820. The molecule has 3 aromatic rings. The van der Waals surface area contributed by atoms with Gasteiger partial charge in [-0.2, -0.15) is 0 Å². The van der Waals surface area contributed by atoms with Crippen molar-refractivity contribution in [3.05, 3.63) is 166 Å². The number of nitrogens with one attached hydrogen (secondary N) is 1. The average Bonchev–Trinajstić information content (AvgIpc) is 3.55. The molecule has 0 saturated carbocycles. The topological polar surface area (TPSA) is 15.3 Å². The van der Waals surface area contributed by atoms with Crippen molar-refractivity contribution in [3.63, 3.8) is 0 Å². The highest BCUT2D eigenvalue weighted by Crippen LogP contribution is 2.51. The predicted molar refractivity (Wildman–Crippen MR) is 180 cm³/mol. The first kappa shape index (κ1) is 27.6. The number of benzene rings is 3. The number of allylic oxidation sites excluding steroid dienone is 9. The third kappa shape index (κ3) is 5.03. The summed E-state index contributed by atoms with van der Waals surface area (Å²) in [6, 6.07) is 24.2. The molecule has 1 heterocycles. The fourth-order valence-electron chi connectivity index (χ4n) is 6.49. The maximum absolute atomic E-state index is 4.27. The molecule has 0 saturated heterocycles. The van der Waals surface area contributed by atoms with Gasteiger partial charge in [0.2, 0.25) is 0 Å². The van der Waals surface area contributed by atoms with E-state index in [1.54, 1.807) is 5.57 Å². The fraction of sp³-hybridized carbons (Fsp3) is 0.200. The predicted octanol–water partition coefficient (Wildman–Crippen LogP) is 8.26. The Morgan fingerprint density at radius 2 is 1.64 bits per heavy atom. The van der Waals surface area contributed by atoms with Crippen molar-refractivity contribution in [3.8, 4) is 0 Å². The lowest BCUT2D eigenvalue weighted by molar-refractivity contribution is 0.381. The molecule has 3 aromatic carbocycles. The Balaban J connectivity index is 1.49. The van der Waals surface area contributed by atoms with Gasteiger partial charge in [0.25, 0.3) is 0 Å². The van der Waals surface area contributed by atoms with Crippen molar-refractivity contribution >= 4 is 23.5 Å². The lowest BCUT2D eigenvalue weighted by Gasteiger charge is -2.35. The first-order valence-electron chi connectivity index (χ1n) is 14.9. The summed E-state index contributed by atoms with van der Waals surface area (Å²) >= 11 is 0. The highest BCUT2D eigenvalue weighted by Gasteiger charge is 2.38. The van der Waals surface area contributed by atoms with E-state index in [4.69, 9.17) is 0 Å². The molecular formula is C40H40N2. The van der Waals surface area contributed by atoms with E-state index in [1.807, 2.05) is 12.2 Å². The maximum Gasteiger partial charge on any atom is 0.109 e. The third-order valence-electron chi connectivity index (χ3n) is 9.16. The monoisotopic (exact) mass is 548 g/mol. The Morgan fingerprint density at radius 3 is 2.45 bits per heavy atom. The number of nitrogens with zero attached hydrogens (tertiary/aromatic N) is 1. The summed E-state index contributed by atoms with van der Waals surface area (Å²) in [5, 5.41) is 6.19. The van der Waals surface area contributed by atoms with E-state index in [0.29, 0.717) is 0 Å². The minimum Gasteiger partial charge on any atom is -0.364 e. The van der Waals surface area contributed by atoms with Gasteiger partial charge in [-0.25, -0.2) is 0 Å². The largest absolute Gasteiger partial charge is 0.364 e. The molecule has 3 aliphatic rings. The Hall–Kier alpha value is -4.56. The van der Waals surface area contributed by atoms with E-state index in [9.17, 15) is 0 Å². The summed E-state index contributed by atoms with van der Waals surface area (Å²) < 4.78 is 0. The minimum atomic E-state index is -0.0572. The van der Waals surface area contributed by atoms with Gasteiger partial charge in [-0.05, 0) is 86.5 Å². The Kier molecular flexibility index (Phi) is 7.24. The average molecular weight is 549 g/mol. The van der Waals surface area contributed by atoms with Gasteiger partial charge in [0.15, 0.2) is 0 Å². The number of hydrogen-bond donors (Lipinski definition) is 1. The van der Waals surface area contributed by atoms with Gasteiger partial charge in [-0.15, -0.1) is 0 Å². The van der Waals surface area contributed by atoms with Gasteiger partial charge >= 0.3 is 0 Å². The van der Waals surface area contributed by atoms with Crippen LogP contribution in [0.4, 0.5) is 5.69 Å². The minimum absolute atomic E-state index is 0.0359. The van der Waals surface area contributed by atoms with Gasteiger partial charge in [-0.1, -0.05) is 119 Å². The molecule has 0 aromatic heterocycles. The van der Waals surface area contributed by atoms with E-state index in [-0.39, 0.29) is 17.5 Å². The molecular weight excluding hydrogens is 508 g/mol. The summed E-state index contributed by atoms with van der Waals surface area (Å²) in [6.07, 6.45) is 18.3. The van der Waals surface area contributed by atoms with E-state index in [2.05, 4.69) is 155 Å². The summed E-state index contributed by atoms with van der Waals surface area (Å²) in [7, 11) is 0. The summed E-state index contributed by atoms with van der Waals surface area (Å²) in [6.45, 7) is 17.8. The van der Waals surface area contributed by atoms with Crippen LogP contribution < -0.4 is 15.8 Å². The molecule has 2 atom stereocenters. The van der Waals surface area contributed by atoms with E-state index in [0.717, 1.165) is 33.7 Å². The molecule has 0 bridgehead atoms. The highest BCUT2D eigenvalue weighted by molar-refractivity contribution is 5.88. The van der Waals surface area contributed by atoms with Crippen LogP contribution >= 0.6 is 0 Å². The second-order valence-corrected chi connectivity index (χ2v) is 12.2. The van der Waals surface area contributed by atoms with E-state index >= 15 is 0 Å². The lowest BCUT2D eigenvalue weighted by Crippen LogP contribution is -2.41. The quantitative estimate of drug-likeness (QED) is 0.345. The zero-order valence-corrected chi connectivity index (χ0v) is 25.2. The van der Waals surface area contributed by atoms with Crippen molar-refractivity contribution in [1.82, 2.24) is 4.90 Å². The maximum atomic E-state index is 4.27. The zero-order valence-electron chi connectivity index (χ0n) is 25.2. The van der Waals surface area contributed by atoms with Gasteiger partial charge in [0.1, 0.15) is 6.17 Å². The smallest absolute Gasteiger partial charge is 0.109 e. The summed E-state index contributed by atoms with van der Waals surface area (Å²) in [5.41, 5.74) is 11.3. The van der Waals surface area contributed by atoms with Crippen LogP contribution in [0.5, 0.6) is 0 Å². The molecule has 210 valence electrons. The van der Waals surface area contributed by atoms with Gasteiger partial charge in [0.05, 0.1) is 0 Å². The van der Waals surface area contributed by atoms with Crippen LogP contribution in [0.1, 0.15) is 55.4 Å². The van der Waals surface area contributed by atoms with Crippen molar-refractivity contribution in [2.24, 2.45) is 0 Å². The molecule has 6 rings (SSSR count). The molecule has 2 unspecified atom stereocenters. The van der Waals surface area contributed by atoms with Crippen molar-refractivity contribution in [1.29, 1.82) is 0 Å². The Labute approximate surface area is 250 Å². The fourth-order valence-corrected chi connectivity index (χ4v) is 6.49. The van der Waals surface area contributed by atoms with Crippen molar-refractivity contribution in [2.45, 2.75) is 51.6 Å². The molecule has 2 aliphatic carbocycles. The number of aryl methyl sites for hydroxylation is 1.